The number of rotatable bonds is 5. The summed E-state index contributed by atoms with van der Waals surface area (Å²) >= 11 is 0. The Bertz CT molecular complexity index is 701. The van der Waals surface area contributed by atoms with Crippen LogP contribution in [0.25, 0.3) is 5.69 Å². The largest absolute Gasteiger partial charge is 0.326 e. The Balaban J connectivity index is 1.59. The number of aryl methyl sites for hydroxylation is 2. The van der Waals surface area contributed by atoms with Crippen LogP contribution in [0.3, 0.4) is 0 Å². The number of nitrogens with zero attached hydrogens (tertiary/aromatic N) is 2. The summed E-state index contributed by atoms with van der Waals surface area (Å²) in [5.74, 6) is 0.775. The molecule has 2 aromatic rings. The molecule has 2 heterocycles. The van der Waals surface area contributed by atoms with Crippen molar-refractivity contribution in [2.75, 3.05) is 18.4 Å². The molecular formula is C19H26N4O. The minimum Gasteiger partial charge on any atom is -0.326 e. The number of hydrogen-bond acceptors (Lipinski definition) is 3. The van der Waals surface area contributed by atoms with Crippen molar-refractivity contribution in [2.24, 2.45) is 5.92 Å². The first kappa shape index (κ1) is 16.7. The highest BCUT2D eigenvalue weighted by Crippen LogP contribution is 2.20. The van der Waals surface area contributed by atoms with Crippen LogP contribution < -0.4 is 10.6 Å². The fourth-order valence-corrected chi connectivity index (χ4v) is 3.33. The van der Waals surface area contributed by atoms with Gasteiger partial charge in [0.15, 0.2) is 0 Å². The molecule has 2 N–H and O–H groups in total. The second kappa shape index (κ2) is 7.62. The van der Waals surface area contributed by atoms with Crippen molar-refractivity contribution in [3.05, 3.63) is 41.7 Å². The summed E-state index contributed by atoms with van der Waals surface area (Å²) in [5, 5.41) is 10.9. The quantitative estimate of drug-likeness (QED) is 0.887. The van der Waals surface area contributed by atoms with Crippen LogP contribution >= 0.6 is 0 Å². The molecule has 3 rings (SSSR count). The Morgan fingerprint density at radius 2 is 2.08 bits per heavy atom. The van der Waals surface area contributed by atoms with Gasteiger partial charge < -0.3 is 10.6 Å². The van der Waals surface area contributed by atoms with E-state index < -0.39 is 0 Å². The predicted octanol–water partition coefficient (Wildman–Crippen LogP) is 3.21. The third kappa shape index (κ3) is 4.23. The maximum atomic E-state index is 12.2. The van der Waals surface area contributed by atoms with Crippen LogP contribution in [0.4, 0.5) is 5.69 Å². The molecule has 0 aliphatic carbocycles. The number of piperidine rings is 1. The van der Waals surface area contributed by atoms with Crippen molar-refractivity contribution >= 4 is 11.6 Å². The van der Waals surface area contributed by atoms with E-state index in [0.29, 0.717) is 12.3 Å². The van der Waals surface area contributed by atoms with Crippen LogP contribution in [0.5, 0.6) is 0 Å². The summed E-state index contributed by atoms with van der Waals surface area (Å²) in [7, 11) is 0. The van der Waals surface area contributed by atoms with Gasteiger partial charge in [0.05, 0.1) is 11.4 Å². The third-order valence-corrected chi connectivity index (χ3v) is 4.62. The lowest BCUT2D eigenvalue weighted by atomic mass is 9.93. The lowest BCUT2D eigenvalue weighted by molar-refractivity contribution is -0.116. The maximum Gasteiger partial charge on any atom is 0.224 e. The van der Waals surface area contributed by atoms with E-state index >= 15 is 0 Å². The Hall–Kier alpha value is -2.14. The molecule has 0 radical (unpaired) electrons. The van der Waals surface area contributed by atoms with Gasteiger partial charge in [-0.2, -0.15) is 5.10 Å². The van der Waals surface area contributed by atoms with E-state index in [-0.39, 0.29) is 5.91 Å². The van der Waals surface area contributed by atoms with Gasteiger partial charge >= 0.3 is 0 Å². The molecule has 1 aliphatic rings. The molecule has 0 atom stereocenters. The van der Waals surface area contributed by atoms with Crippen molar-refractivity contribution in [2.45, 2.75) is 39.5 Å². The molecule has 1 aromatic carbocycles. The zero-order valence-corrected chi connectivity index (χ0v) is 14.5. The van der Waals surface area contributed by atoms with Crippen LogP contribution in [0.15, 0.2) is 30.3 Å². The molecule has 5 heteroatoms. The average molecular weight is 326 g/mol. The molecule has 1 amide bonds. The highest BCUT2D eigenvalue weighted by Gasteiger charge is 2.14. The van der Waals surface area contributed by atoms with E-state index in [1.54, 1.807) is 0 Å². The SMILES string of the molecule is Cc1cc(C)n(-c2cccc(NC(=O)CCC3CCNCC3)c2)n1. The van der Waals surface area contributed by atoms with Gasteiger partial charge in [0, 0.05) is 17.8 Å². The van der Waals surface area contributed by atoms with E-state index in [1.165, 1.54) is 12.8 Å². The minimum absolute atomic E-state index is 0.0963. The molecule has 0 spiro atoms. The Morgan fingerprint density at radius 3 is 2.79 bits per heavy atom. The second-order valence-corrected chi connectivity index (χ2v) is 6.67. The Morgan fingerprint density at radius 1 is 1.29 bits per heavy atom. The summed E-state index contributed by atoms with van der Waals surface area (Å²) in [5.41, 5.74) is 3.87. The molecule has 5 nitrogen and oxygen atoms in total. The number of aromatic nitrogens is 2. The van der Waals surface area contributed by atoms with Crippen LogP contribution in [0, 0.1) is 19.8 Å². The predicted molar refractivity (Wildman–Crippen MR) is 96.5 cm³/mol. The highest BCUT2D eigenvalue weighted by molar-refractivity contribution is 5.90. The molecule has 128 valence electrons. The summed E-state index contributed by atoms with van der Waals surface area (Å²) in [6.45, 7) is 6.17. The van der Waals surface area contributed by atoms with Gasteiger partial charge in [-0.1, -0.05) is 6.07 Å². The number of amides is 1. The number of nitrogens with one attached hydrogen (secondary N) is 2. The number of carbonyl (C=O) groups excluding carboxylic acids is 1. The van der Waals surface area contributed by atoms with Gasteiger partial charge in [0.25, 0.3) is 0 Å². The molecule has 24 heavy (non-hydrogen) atoms. The van der Waals surface area contributed by atoms with Gasteiger partial charge in [0.2, 0.25) is 5.91 Å². The van der Waals surface area contributed by atoms with Crippen LogP contribution in [0.2, 0.25) is 0 Å². The molecule has 0 saturated carbocycles. The summed E-state index contributed by atoms with van der Waals surface area (Å²) in [6.07, 6.45) is 3.93. The Labute approximate surface area is 143 Å². The molecule has 1 saturated heterocycles. The third-order valence-electron chi connectivity index (χ3n) is 4.62. The first-order chi connectivity index (χ1) is 11.6. The number of carbonyl (C=O) groups is 1. The monoisotopic (exact) mass is 326 g/mol. The van der Waals surface area contributed by atoms with Gasteiger partial charge in [-0.25, -0.2) is 4.68 Å². The Kier molecular flexibility index (Phi) is 5.30. The standard InChI is InChI=1S/C19H26N4O/c1-14-12-15(2)23(22-14)18-5-3-4-17(13-18)21-19(24)7-6-16-8-10-20-11-9-16/h3-5,12-13,16,20H,6-11H2,1-2H3,(H,21,24). The number of hydrogen-bond donors (Lipinski definition) is 2. The van der Waals surface area contributed by atoms with Gasteiger partial charge in [-0.15, -0.1) is 0 Å². The first-order valence-electron chi connectivity index (χ1n) is 8.76. The van der Waals surface area contributed by atoms with Crippen molar-refractivity contribution in [3.8, 4) is 5.69 Å². The smallest absolute Gasteiger partial charge is 0.224 e. The highest BCUT2D eigenvalue weighted by atomic mass is 16.1. The van der Waals surface area contributed by atoms with E-state index in [1.807, 2.05) is 48.9 Å². The zero-order valence-electron chi connectivity index (χ0n) is 14.5. The lowest BCUT2D eigenvalue weighted by Gasteiger charge is -2.22. The van der Waals surface area contributed by atoms with Gasteiger partial charge in [-0.3, -0.25) is 4.79 Å². The minimum atomic E-state index is 0.0963. The number of anilines is 1. The van der Waals surface area contributed by atoms with Crippen molar-refractivity contribution < 1.29 is 4.79 Å². The van der Waals surface area contributed by atoms with Crippen molar-refractivity contribution in [1.29, 1.82) is 0 Å². The average Bonchev–Trinajstić information content (AvgIpc) is 2.93. The molecule has 1 fully saturated rings. The summed E-state index contributed by atoms with van der Waals surface area (Å²) in [6, 6.07) is 9.90. The first-order valence-corrected chi connectivity index (χ1v) is 8.76. The fourth-order valence-electron chi connectivity index (χ4n) is 3.33. The second-order valence-electron chi connectivity index (χ2n) is 6.67. The fraction of sp³-hybridized carbons (Fsp3) is 0.474. The topological polar surface area (TPSA) is 59.0 Å². The molecule has 0 unspecified atom stereocenters. The van der Waals surface area contributed by atoms with E-state index in [9.17, 15) is 4.79 Å². The van der Waals surface area contributed by atoms with Crippen molar-refractivity contribution in [1.82, 2.24) is 15.1 Å². The summed E-state index contributed by atoms with van der Waals surface area (Å²) in [4.78, 5) is 12.2. The van der Waals surface area contributed by atoms with Gasteiger partial charge in [-0.05, 0) is 76.4 Å². The maximum absolute atomic E-state index is 12.2. The van der Waals surface area contributed by atoms with E-state index in [2.05, 4.69) is 15.7 Å². The molecule has 1 aromatic heterocycles. The van der Waals surface area contributed by atoms with Crippen LogP contribution in [-0.4, -0.2) is 28.8 Å². The van der Waals surface area contributed by atoms with E-state index in [0.717, 1.165) is 42.3 Å². The lowest BCUT2D eigenvalue weighted by Crippen LogP contribution is -2.28. The van der Waals surface area contributed by atoms with Crippen molar-refractivity contribution in [3.63, 3.8) is 0 Å². The molecule has 0 bridgehead atoms. The zero-order chi connectivity index (χ0) is 16.9. The molecular weight excluding hydrogens is 300 g/mol. The number of benzene rings is 1. The normalized spacial score (nSPS) is 15.4. The van der Waals surface area contributed by atoms with Gasteiger partial charge in [0.1, 0.15) is 0 Å². The molecule has 1 aliphatic heterocycles. The van der Waals surface area contributed by atoms with Crippen LogP contribution in [0.1, 0.15) is 37.1 Å². The van der Waals surface area contributed by atoms with E-state index in [4.69, 9.17) is 0 Å². The van der Waals surface area contributed by atoms with Crippen LogP contribution in [-0.2, 0) is 4.79 Å². The summed E-state index contributed by atoms with van der Waals surface area (Å²) < 4.78 is 1.90.